The molecule has 1 aliphatic rings. The van der Waals surface area contributed by atoms with Crippen molar-refractivity contribution in [1.29, 1.82) is 0 Å². The lowest BCUT2D eigenvalue weighted by Crippen LogP contribution is -2.29. The van der Waals surface area contributed by atoms with Gasteiger partial charge in [0.25, 0.3) is 17.7 Å². The quantitative estimate of drug-likeness (QED) is 0.651. The number of hydrogen-bond donors (Lipinski definition) is 1. The molecule has 8 nitrogen and oxygen atoms in total. The minimum absolute atomic E-state index is 0.0580. The number of benzene rings is 1. The molecule has 0 unspecified atom stereocenters. The largest absolute Gasteiger partial charge is 0.479 e. The molecule has 0 saturated heterocycles. The number of carboxylic acids is 1. The summed E-state index contributed by atoms with van der Waals surface area (Å²) in [5, 5.41) is 14.5. The highest BCUT2D eigenvalue weighted by molar-refractivity contribution is 7.13. The zero-order valence-corrected chi connectivity index (χ0v) is 14.6. The second-order valence-corrected chi connectivity index (χ2v) is 6.64. The van der Waals surface area contributed by atoms with Crippen LogP contribution in [0.4, 0.5) is 0 Å². The number of fused-ring (bicyclic) bond motifs is 1. The lowest BCUT2D eigenvalue weighted by Gasteiger charge is -2.14. The third-order valence-electron chi connectivity index (χ3n) is 4.02. The van der Waals surface area contributed by atoms with Crippen LogP contribution in [0.15, 0.2) is 46.3 Å². The van der Waals surface area contributed by atoms with E-state index in [9.17, 15) is 14.4 Å². The molecule has 3 aromatic rings. The van der Waals surface area contributed by atoms with Crippen molar-refractivity contribution < 1.29 is 28.8 Å². The van der Waals surface area contributed by atoms with Crippen LogP contribution in [0.3, 0.4) is 0 Å². The van der Waals surface area contributed by atoms with Crippen LogP contribution in [0.25, 0.3) is 10.6 Å². The van der Waals surface area contributed by atoms with Crippen LogP contribution in [-0.2, 0) is 11.3 Å². The van der Waals surface area contributed by atoms with Crippen molar-refractivity contribution in [3.63, 3.8) is 0 Å². The van der Waals surface area contributed by atoms with Gasteiger partial charge >= 0.3 is 5.97 Å². The van der Waals surface area contributed by atoms with Gasteiger partial charge in [0.1, 0.15) is 0 Å². The van der Waals surface area contributed by atoms with E-state index >= 15 is 0 Å². The number of thiophene rings is 1. The molecule has 2 aromatic heterocycles. The Bertz CT molecular complexity index is 1010. The molecule has 0 saturated carbocycles. The Morgan fingerprint density at radius 1 is 1.15 bits per heavy atom. The van der Waals surface area contributed by atoms with E-state index in [1.807, 2.05) is 11.4 Å². The molecule has 9 heteroatoms. The fraction of sp³-hybridized carbons (Fsp3) is 0.111. The number of aliphatic carboxylic acids is 1. The highest BCUT2D eigenvalue weighted by Crippen LogP contribution is 2.36. The molecule has 1 aliphatic heterocycles. The predicted octanol–water partition coefficient (Wildman–Crippen LogP) is 2.66. The molecule has 0 aliphatic carbocycles. The van der Waals surface area contributed by atoms with Crippen molar-refractivity contribution in [2.24, 2.45) is 0 Å². The SMILES string of the molecule is O=C(O)COc1noc(-c2cccs2)c1CN1C(=O)c2ccccc2C1=O. The summed E-state index contributed by atoms with van der Waals surface area (Å²) >= 11 is 1.38. The zero-order valence-electron chi connectivity index (χ0n) is 13.7. The fourth-order valence-corrected chi connectivity index (χ4v) is 3.55. The van der Waals surface area contributed by atoms with Gasteiger partial charge < -0.3 is 14.4 Å². The van der Waals surface area contributed by atoms with Gasteiger partial charge in [0.15, 0.2) is 12.4 Å². The minimum atomic E-state index is -1.18. The molecule has 0 fully saturated rings. The zero-order chi connectivity index (χ0) is 19.0. The van der Waals surface area contributed by atoms with Crippen molar-refractivity contribution in [1.82, 2.24) is 10.1 Å². The van der Waals surface area contributed by atoms with Gasteiger partial charge in [-0.15, -0.1) is 11.3 Å². The van der Waals surface area contributed by atoms with E-state index in [1.54, 1.807) is 30.3 Å². The van der Waals surface area contributed by atoms with Gasteiger partial charge in [0.2, 0.25) is 0 Å². The summed E-state index contributed by atoms with van der Waals surface area (Å²) in [5.41, 5.74) is 0.988. The predicted molar refractivity (Wildman–Crippen MR) is 93.6 cm³/mol. The van der Waals surface area contributed by atoms with E-state index in [4.69, 9.17) is 14.4 Å². The number of carbonyl (C=O) groups excluding carboxylic acids is 2. The van der Waals surface area contributed by atoms with Gasteiger partial charge in [-0.3, -0.25) is 14.5 Å². The highest BCUT2D eigenvalue weighted by Gasteiger charge is 2.37. The van der Waals surface area contributed by atoms with Gasteiger partial charge in [0.05, 0.1) is 28.1 Å². The molecule has 4 rings (SSSR count). The second-order valence-electron chi connectivity index (χ2n) is 5.70. The van der Waals surface area contributed by atoms with Crippen LogP contribution in [0.1, 0.15) is 26.3 Å². The summed E-state index contributed by atoms with van der Waals surface area (Å²) in [7, 11) is 0. The lowest BCUT2D eigenvalue weighted by molar-refractivity contribution is -0.139. The van der Waals surface area contributed by atoms with Crippen molar-refractivity contribution >= 4 is 29.1 Å². The van der Waals surface area contributed by atoms with Crippen LogP contribution in [0.5, 0.6) is 5.88 Å². The summed E-state index contributed by atoms with van der Waals surface area (Å²) < 4.78 is 10.5. The Hall–Kier alpha value is -3.46. The Kier molecular flexibility index (Phi) is 4.21. The van der Waals surface area contributed by atoms with Crippen LogP contribution in [-0.4, -0.2) is 39.6 Å². The number of amides is 2. The summed E-state index contributed by atoms with van der Waals surface area (Å²) in [6, 6.07) is 10.2. The molecule has 0 radical (unpaired) electrons. The van der Waals surface area contributed by atoms with E-state index in [0.717, 1.165) is 9.78 Å². The molecule has 3 heterocycles. The summed E-state index contributed by atoms with van der Waals surface area (Å²) in [4.78, 5) is 37.9. The van der Waals surface area contributed by atoms with Gasteiger partial charge in [-0.2, -0.15) is 0 Å². The summed E-state index contributed by atoms with van der Waals surface area (Å²) in [6.45, 7) is -0.760. The maximum absolute atomic E-state index is 12.6. The third kappa shape index (κ3) is 2.97. The van der Waals surface area contributed by atoms with Crippen LogP contribution in [0, 0.1) is 0 Å². The molecule has 0 atom stereocenters. The minimum Gasteiger partial charge on any atom is -0.479 e. The molecular weight excluding hydrogens is 372 g/mol. The first-order valence-electron chi connectivity index (χ1n) is 7.88. The monoisotopic (exact) mass is 384 g/mol. The van der Waals surface area contributed by atoms with E-state index in [1.165, 1.54) is 11.3 Å². The topological polar surface area (TPSA) is 110 Å². The highest BCUT2D eigenvalue weighted by atomic mass is 32.1. The molecular formula is C18H12N2O6S. The number of nitrogens with zero attached hydrogens (tertiary/aromatic N) is 2. The normalized spacial score (nSPS) is 13.1. The van der Waals surface area contributed by atoms with Gasteiger partial charge in [-0.05, 0) is 28.7 Å². The van der Waals surface area contributed by atoms with Gasteiger partial charge in [-0.25, -0.2) is 4.79 Å². The van der Waals surface area contributed by atoms with E-state index in [2.05, 4.69) is 5.16 Å². The molecule has 0 bridgehead atoms. The van der Waals surface area contributed by atoms with Crippen molar-refractivity contribution in [2.45, 2.75) is 6.54 Å². The molecule has 1 aromatic carbocycles. The number of hydrogen-bond acceptors (Lipinski definition) is 7. The Labute approximate surface area is 156 Å². The van der Waals surface area contributed by atoms with Crippen molar-refractivity contribution in [3.8, 4) is 16.5 Å². The number of rotatable bonds is 6. The second kappa shape index (κ2) is 6.69. The average Bonchev–Trinajstić information content (AvgIpc) is 3.37. The Morgan fingerprint density at radius 2 is 1.85 bits per heavy atom. The number of carbonyl (C=O) groups is 3. The van der Waals surface area contributed by atoms with Gasteiger partial charge in [0, 0.05) is 0 Å². The molecule has 1 N–H and O–H groups in total. The number of aromatic nitrogens is 1. The van der Waals surface area contributed by atoms with E-state index < -0.39 is 24.4 Å². The smallest absolute Gasteiger partial charge is 0.341 e. The molecule has 2 amide bonds. The Morgan fingerprint density at radius 3 is 2.44 bits per heavy atom. The fourth-order valence-electron chi connectivity index (χ4n) is 2.82. The first-order valence-corrected chi connectivity index (χ1v) is 8.76. The maximum atomic E-state index is 12.6. The Balaban J connectivity index is 1.70. The first-order chi connectivity index (χ1) is 13.1. The standard InChI is InChI=1S/C18H12N2O6S/c21-14(22)9-25-16-12(15(26-19-16)13-6-3-7-27-13)8-20-17(23)10-4-1-2-5-11(10)18(20)24/h1-7H,8-9H2,(H,21,22). The first kappa shape index (κ1) is 17.0. The molecule has 136 valence electrons. The van der Waals surface area contributed by atoms with Gasteiger partial charge in [-0.1, -0.05) is 18.2 Å². The van der Waals surface area contributed by atoms with E-state index in [-0.39, 0.29) is 12.4 Å². The van der Waals surface area contributed by atoms with Crippen molar-refractivity contribution in [2.75, 3.05) is 6.61 Å². The lowest BCUT2D eigenvalue weighted by atomic mass is 10.1. The summed E-state index contributed by atoms with van der Waals surface area (Å²) in [5.74, 6) is -1.77. The number of ether oxygens (including phenoxy) is 1. The number of carboxylic acid groups (broad SMARTS) is 1. The number of imide groups is 1. The van der Waals surface area contributed by atoms with E-state index in [0.29, 0.717) is 22.5 Å². The van der Waals surface area contributed by atoms with Crippen molar-refractivity contribution in [3.05, 3.63) is 58.5 Å². The van der Waals surface area contributed by atoms with Crippen LogP contribution in [0.2, 0.25) is 0 Å². The maximum Gasteiger partial charge on any atom is 0.341 e. The molecule has 27 heavy (non-hydrogen) atoms. The average molecular weight is 384 g/mol. The van der Waals surface area contributed by atoms with Crippen LogP contribution >= 0.6 is 11.3 Å². The van der Waals surface area contributed by atoms with Crippen LogP contribution < -0.4 is 4.74 Å². The summed E-state index contributed by atoms with van der Waals surface area (Å²) in [6.07, 6.45) is 0. The third-order valence-corrected chi connectivity index (χ3v) is 4.89. The molecule has 0 spiro atoms.